The lowest BCUT2D eigenvalue weighted by Gasteiger charge is -2.08. The largest absolute Gasteiger partial charge is 0.464 e. The average molecular weight is 365 g/mol. The number of furan rings is 1. The molecule has 1 heterocycles. The van der Waals surface area contributed by atoms with E-state index in [1.807, 2.05) is 13.8 Å². The second-order valence-corrected chi connectivity index (χ2v) is 6.62. The Morgan fingerprint density at radius 1 is 1.07 bits per heavy atom. The summed E-state index contributed by atoms with van der Waals surface area (Å²) in [6, 6.07) is 8.77. The molecule has 27 heavy (non-hydrogen) atoms. The summed E-state index contributed by atoms with van der Waals surface area (Å²) in [6.07, 6.45) is 1.88. The molecule has 0 bridgehead atoms. The zero-order valence-corrected chi connectivity index (χ0v) is 16.0. The van der Waals surface area contributed by atoms with Gasteiger partial charge >= 0.3 is 5.97 Å². The van der Waals surface area contributed by atoms with Crippen LogP contribution in [0.3, 0.4) is 0 Å². The second-order valence-electron chi connectivity index (χ2n) is 6.62. The first-order valence-electron chi connectivity index (χ1n) is 8.94. The van der Waals surface area contributed by atoms with E-state index in [4.69, 9.17) is 9.15 Å². The molecule has 3 aromatic rings. The molecule has 0 spiro atoms. The molecule has 0 saturated heterocycles. The normalized spacial score (nSPS) is 10.8. The van der Waals surface area contributed by atoms with Gasteiger partial charge in [-0.3, -0.25) is 4.79 Å². The summed E-state index contributed by atoms with van der Waals surface area (Å²) in [6.45, 7) is 8.19. The zero-order chi connectivity index (χ0) is 19.6. The molecule has 0 radical (unpaired) electrons. The van der Waals surface area contributed by atoms with Gasteiger partial charge in [-0.05, 0) is 68.7 Å². The maximum Gasteiger partial charge on any atom is 0.338 e. The Kier molecular flexibility index (Phi) is 5.31. The van der Waals surface area contributed by atoms with Crippen molar-refractivity contribution < 1.29 is 18.7 Å². The van der Waals surface area contributed by atoms with Gasteiger partial charge < -0.3 is 14.5 Å². The van der Waals surface area contributed by atoms with Crippen LogP contribution < -0.4 is 5.32 Å². The number of rotatable bonds is 5. The molecule has 0 aliphatic rings. The number of aryl methyl sites for hydroxylation is 3. The van der Waals surface area contributed by atoms with Crippen molar-refractivity contribution >= 4 is 28.5 Å². The van der Waals surface area contributed by atoms with Crippen molar-refractivity contribution in [1.29, 1.82) is 0 Å². The fourth-order valence-corrected chi connectivity index (χ4v) is 3.20. The van der Waals surface area contributed by atoms with Crippen molar-refractivity contribution in [3.8, 4) is 0 Å². The van der Waals surface area contributed by atoms with Crippen molar-refractivity contribution in [2.24, 2.45) is 0 Å². The number of fused-ring (bicyclic) bond motifs is 1. The molecular formula is C22H23NO4. The Hall–Kier alpha value is -3.08. The first-order chi connectivity index (χ1) is 12.9. The molecule has 2 aromatic carbocycles. The quantitative estimate of drug-likeness (QED) is 0.665. The number of hydrogen-bond donors (Lipinski definition) is 1. The number of carbonyl (C=O) groups is 2. The zero-order valence-electron chi connectivity index (χ0n) is 16.0. The highest BCUT2D eigenvalue weighted by molar-refractivity contribution is 5.97. The first-order valence-corrected chi connectivity index (χ1v) is 8.94. The van der Waals surface area contributed by atoms with E-state index in [0.29, 0.717) is 17.9 Å². The smallest absolute Gasteiger partial charge is 0.338 e. The highest BCUT2D eigenvalue weighted by Crippen LogP contribution is 2.30. The van der Waals surface area contributed by atoms with Crippen molar-refractivity contribution in [2.75, 3.05) is 11.9 Å². The van der Waals surface area contributed by atoms with E-state index < -0.39 is 0 Å². The van der Waals surface area contributed by atoms with Crippen LogP contribution in [-0.2, 0) is 16.0 Å². The summed E-state index contributed by atoms with van der Waals surface area (Å²) in [5, 5.41) is 3.86. The van der Waals surface area contributed by atoms with Crippen molar-refractivity contribution in [3.63, 3.8) is 0 Å². The SMILES string of the molecule is CCOC(=O)c1ccc(NC(=O)Cc2coc3c(C)c(C)cc(C)c23)cc1. The van der Waals surface area contributed by atoms with Crippen LogP contribution in [0.15, 0.2) is 41.0 Å². The Balaban J connectivity index is 1.74. The van der Waals surface area contributed by atoms with Gasteiger partial charge in [0.15, 0.2) is 0 Å². The number of anilines is 1. The topological polar surface area (TPSA) is 68.5 Å². The summed E-state index contributed by atoms with van der Waals surface area (Å²) >= 11 is 0. The van der Waals surface area contributed by atoms with Crippen LogP contribution in [-0.4, -0.2) is 18.5 Å². The fourth-order valence-electron chi connectivity index (χ4n) is 3.20. The van der Waals surface area contributed by atoms with Gasteiger partial charge in [0.1, 0.15) is 5.58 Å². The van der Waals surface area contributed by atoms with E-state index >= 15 is 0 Å². The maximum atomic E-state index is 12.5. The lowest BCUT2D eigenvalue weighted by atomic mass is 9.99. The molecule has 0 fully saturated rings. The predicted octanol–water partition coefficient (Wildman–Crippen LogP) is 4.72. The monoisotopic (exact) mass is 365 g/mol. The van der Waals surface area contributed by atoms with Crippen LogP contribution >= 0.6 is 0 Å². The third-order valence-electron chi connectivity index (χ3n) is 4.66. The molecule has 0 unspecified atom stereocenters. The Bertz CT molecular complexity index is 999. The number of ether oxygens (including phenoxy) is 1. The third kappa shape index (κ3) is 3.87. The molecule has 5 nitrogen and oxygen atoms in total. The van der Waals surface area contributed by atoms with Crippen LogP contribution in [0.25, 0.3) is 11.0 Å². The Morgan fingerprint density at radius 3 is 2.44 bits per heavy atom. The minimum absolute atomic E-state index is 0.140. The number of hydrogen-bond acceptors (Lipinski definition) is 4. The van der Waals surface area contributed by atoms with Crippen LogP contribution in [0.2, 0.25) is 0 Å². The molecule has 3 rings (SSSR count). The summed E-state index contributed by atoms with van der Waals surface area (Å²) in [4.78, 5) is 24.1. The molecule has 0 saturated carbocycles. The number of benzene rings is 2. The molecule has 1 amide bonds. The first kappa shape index (κ1) is 18.7. The lowest BCUT2D eigenvalue weighted by Crippen LogP contribution is -2.14. The summed E-state index contributed by atoms with van der Waals surface area (Å²) in [5.41, 5.74) is 6.16. The molecular weight excluding hydrogens is 342 g/mol. The van der Waals surface area contributed by atoms with E-state index in [9.17, 15) is 9.59 Å². The number of nitrogens with one attached hydrogen (secondary N) is 1. The van der Waals surface area contributed by atoms with E-state index in [0.717, 1.165) is 27.7 Å². The number of carbonyl (C=O) groups excluding carboxylic acids is 2. The van der Waals surface area contributed by atoms with Crippen LogP contribution in [0.4, 0.5) is 5.69 Å². The number of amides is 1. The lowest BCUT2D eigenvalue weighted by molar-refractivity contribution is -0.115. The van der Waals surface area contributed by atoms with Gasteiger partial charge in [0.2, 0.25) is 5.91 Å². The third-order valence-corrected chi connectivity index (χ3v) is 4.66. The van der Waals surface area contributed by atoms with Gasteiger partial charge in [0, 0.05) is 16.6 Å². The Labute approximate surface area is 158 Å². The highest BCUT2D eigenvalue weighted by Gasteiger charge is 2.15. The standard InChI is InChI=1S/C22H23NO4/c1-5-26-22(25)16-6-8-18(9-7-16)23-19(24)11-17-12-27-21-15(4)13(2)10-14(3)20(17)21/h6-10,12H,5,11H2,1-4H3,(H,23,24). The van der Waals surface area contributed by atoms with Gasteiger partial charge in [-0.15, -0.1) is 0 Å². The molecule has 0 aliphatic heterocycles. The Morgan fingerprint density at radius 2 is 1.78 bits per heavy atom. The maximum absolute atomic E-state index is 12.5. The van der Waals surface area contributed by atoms with E-state index in [1.54, 1.807) is 37.5 Å². The van der Waals surface area contributed by atoms with Crippen molar-refractivity contribution in [3.05, 3.63) is 64.4 Å². The molecule has 140 valence electrons. The van der Waals surface area contributed by atoms with Crippen molar-refractivity contribution in [2.45, 2.75) is 34.1 Å². The molecule has 5 heteroatoms. The van der Waals surface area contributed by atoms with E-state index in [-0.39, 0.29) is 18.3 Å². The van der Waals surface area contributed by atoms with Gasteiger partial charge in [-0.25, -0.2) is 4.79 Å². The second kappa shape index (κ2) is 7.66. The van der Waals surface area contributed by atoms with Crippen LogP contribution in [0.1, 0.15) is 39.5 Å². The van der Waals surface area contributed by atoms with Gasteiger partial charge in [0.25, 0.3) is 0 Å². The van der Waals surface area contributed by atoms with Gasteiger partial charge in [0.05, 0.1) is 24.9 Å². The minimum atomic E-state index is -0.374. The fraction of sp³-hybridized carbons (Fsp3) is 0.273. The summed E-state index contributed by atoms with van der Waals surface area (Å²) in [7, 11) is 0. The number of esters is 1. The van der Waals surface area contributed by atoms with Gasteiger partial charge in [-0.2, -0.15) is 0 Å². The van der Waals surface area contributed by atoms with Crippen LogP contribution in [0.5, 0.6) is 0 Å². The molecule has 1 aromatic heterocycles. The average Bonchev–Trinajstić information content (AvgIpc) is 3.04. The molecule has 0 aliphatic carbocycles. The minimum Gasteiger partial charge on any atom is -0.464 e. The summed E-state index contributed by atoms with van der Waals surface area (Å²) < 4.78 is 10.7. The predicted molar refractivity (Wildman–Crippen MR) is 105 cm³/mol. The van der Waals surface area contributed by atoms with E-state index in [2.05, 4.69) is 18.3 Å². The van der Waals surface area contributed by atoms with Gasteiger partial charge in [-0.1, -0.05) is 6.07 Å². The van der Waals surface area contributed by atoms with E-state index in [1.165, 1.54) is 5.56 Å². The molecule has 0 atom stereocenters. The molecule has 1 N–H and O–H groups in total. The van der Waals surface area contributed by atoms with Crippen LogP contribution in [0, 0.1) is 20.8 Å². The summed E-state index contributed by atoms with van der Waals surface area (Å²) in [5.74, 6) is -0.513. The van der Waals surface area contributed by atoms with Crippen molar-refractivity contribution in [1.82, 2.24) is 0 Å². The highest BCUT2D eigenvalue weighted by atomic mass is 16.5.